The lowest BCUT2D eigenvalue weighted by Gasteiger charge is -2.00. The van der Waals surface area contributed by atoms with Crippen LogP contribution in [0.3, 0.4) is 0 Å². The van der Waals surface area contributed by atoms with E-state index in [1.54, 1.807) is 6.20 Å². The summed E-state index contributed by atoms with van der Waals surface area (Å²) in [4.78, 5) is 11.6. The summed E-state index contributed by atoms with van der Waals surface area (Å²) in [6.45, 7) is 0. The normalized spacial score (nSPS) is 10.4. The maximum atomic E-state index is 5.71. The van der Waals surface area contributed by atoms with E-state index in [9.17, 15) is 0 Å². The summed E-state index contributed by atoms with van der Waals surface area (Å²) in [5, 5.41) is 1.23. The van der Waals surface area contributed by atoms with Crippen molar-refractivity contribution >= 4 is 29.1 Å². The van der Waals surface area contributed by atoms with Gasteiger partial charge in [0.05, 0.1) is 6.20 Å². The maximum absolute atomic E-state index is 5.71. The first-order valence-corrected chi connectivity index (χ1v) is 4.80. The second kappa shape index (κ2) is 3.85. The molecule has 2 aromatic heterocycles. The molecule has 0 bridgehead atoms. The van der Waals surface area contributed by atoms with Crippen molar-refractivity contribution < 1.29 is 4.42 Å². The van der Waals surface area contributed by atoms with Gasteiger partial charge in [-0.1, -0.05) is 11.6 Å². The molecule has 0 unspecified atom stereocenters. The zero-order valence-corrected chi connectivity index (χ0v) is 8.42. The molecule has 2 N–H and O–H groups in total. The Hall–Kier alpha value is -1.27. The van der Waals surface area contributed by atoms with E-state index >= 15 is 0 Å². The Kier molecular flexibility index (Phi) is 2.55. The monoisotopic (exact) mass is 228 g/mol. The number of hydrogen-bond donors (Lipinski definition) is 1. The summed E-state index contributed by atoms with van der Waals surface area (Å²) in [6.07, 6.45) is 4.35. The van der Waals surface area contributed by atoms with Crippen LogP contribution in [0.2, 0.25) is 5.15 Å². The third-order valence-electron chi connectivity index (χ3n) is 1.39. The SMILES string of the molecule is Nc1c(Cl)ncnc1Sc1ncco1. The van der Waals surface area contributed by atoms with Crippen molar-refractivity contribution in [3.05, 3.63) is 23.9 Å². The molecule has 7 heteroatoms. The van der Waals surface area contributed by atoms with Gasteiger partial charge in [0.2, 0.25) is 0 Å². The van der Waals surface area contributed by atoms with Crippen LogP contribution in [-0.2, 0) is 0 Å². The molecule has 0 radical (unpaired) electrons. The van der Waals surface area contributed by atoms with E-state index in [-0.39, 0.29) is 5.15 Å². The molecule has 2 aromatic rings. The number of oxazole rings is 1. The maximum Gasteiger partial charge on any atom is 0.262 e. The highest BCUT2D eigenvalue weighted by Gasteiger charge is 2.09. The largest absolute Gasteiger partial charge is 0.440 e. The average molecular weight is 229 g/mol. The number of hydrogen-bond acceptors (Lipinski definition) is 6. The van der Waals surface area contributed by atoms with E-state index in [2.05, 4.69) is 15.0 Å². The summed E-state index contributed by atoms with van der Waals surface area (Å²) in [5.74, 6) is 0. The lowest BCUT2D eigenvalue weighted by molar-refractivity contribution is 0.454. The zero-order chi connectivity index (χ0) is 9.97. The van der Waals surface area contributed by atoms with Crippen molar-refractivity contribution in [1.82, 2.24) is 15.0 Å². The number of nitrogen functional groups attached to an aromatic ring is 1. The van der Waals surface area contributed by atoms with Gasteiger partial charge in [-0.25, -0.2) is 15.0 Å². The van der Waals surface area contributed by atoms with E-state index in [1.807, 2.05) is 0 Å². The van der Waals surface area contributed by atoms with Crippen LogP contribution in [0.1, 0.15) is 0 Å². The van der Waals surface area contributed by atoms with Crippen LogP contribution in [0, 0.1) is 0 Å². The van der Waals surface area contributed by atoms with Crippen molar-refractivity contribution in [1.29, 1.82) is 0 Å². The quantitative estimate of drug-likeness (QED) is 0.791. The molecule has 0 saturated carbocycles. The van der Waals surface area contributed by atoms with Gasteiger partial charge < -0.3 is 10.2 Å². The lowest BCUT2D eigenvalue weighted by Crippen LogP contribution is -1.94. The molecule has 72 valence electrons. The van der Waals surface area contributed by atoms with Gasteiger partial charge in [0.25, 0.3) is 5.22 Å². The molecular weight excluding hydrogens is 224 g/mol. The molecule has 0 saturated heterocycles. The van der Waals surface area contributed by atoms with E-state index in [1.165, 1.54) is 24.4 Å². The predicted molar refractivity (Wildman–Crippen MR) is 52.1 cm³/mol. The van der Waals surface area contributed by atoms with Crippen molar-refractivity contribution in [3.63, 3.8) is 0 Å². The van der Waals surface area contributed by atoms with Crippen LogP contribution in [0.4, 0.5) is 5.69 Å². The fourth-order valence-corrected chi connectivity index (χ4v) is 1.66. The summed E-state index contributed by atoms with van der Waals surface area (Å²) >= 11 is 6.91. The number of nitrogens with two attached hydrogens (primary N) is 1. The fraction of sp³-hybridized carbons (Fsp3) is 0. The van der Waals surface area contributed by atoms with Gasteiger partial charge >= 0.3 is 0 Å². The molecule has 2 rings (SSSR count). The summed E-state index contributed by atoms with van der Waals surface area (Å²) in [5.41, 5.74) is 5.98. The molecule has 2 heterocycles. The second-order valence-electron chi connectivity index (χ2n) is 2.28. The minimum atomic E-state index is 0.231. The first-order valence-electron chi connectivity index (χ1n) is 3.60. The van der Waals surface area contributed by atoms with E-state index < -0.39 is 0 Å². The Morgan fingerprint density at radius 1 is 1.36 bits per heavy atom. The Bertz CT molecular complexity index is 433. The number of anilines is 1. The van der Waals surface area contributed by atoms with Crippen LogP contribution in [0.5, 0.6) is 0 Å². The molecule has 0 spiro atoms. The third-order valence-corrected chi connectivity index (χ3v) is 2.59. The Balaban J connectivity index is 2.29. The molecule has 0 aliphatic heterocycles. The topological polar surface area (TPSA) is 77.8 Å². The third kappa shape index (κ3) is 1.80. The molecule has 5 nitrogen and oxygen atoms in total. The highest BCUT2D eigenvalue weighted by atomic mass is 35.5. The molecule has 0 aliphatic carbocycles. The van der Waals surface area contributed by atoms with Gasteiger partial charge in [-0.05, 0) is 11.8 Å². The van der Waals surface area contributed by atoms with E-state index in [4.69, 9.17) is 21.8 Å². The predicted octanol–water partition coefficient (Wildman–Crippen LogP) is 1.85. The van der Waals surface area contributed by atoms with Crippen LogP contribution in [0.25, 0.3) is 0 Å². The summed E-state index contributed by atoms with van der Waals surface area (Å²) < 4.78 is 5.03. The Labute approximate surface area is 88.7 Å². The average Bonchev–Trinajstić information content (AvgIpc) is 2.66. The number of aromatic nitrogens is 3. The van der Waals surface area contributed by atoms with E-state index in [0.29, 0.717) is 15.9 Å². The van der Waals surface area contributed by atoms with Crippen molar-refractivity contribution in [3.8, 4) is 0 Å². The van der Waals surface area contributed by atoms with Crippen LogP contribution in [-0.4, -0.2) is 15.0 Å². The number of halogens is 1. The van der Waals surface area contributed by atoms with Gasteiger partial charge in [-0.15, -0.1) is 0 Å². The fourth-order valence-electron chi connectivity index (χ4n) is 0.784. The highest BCUT2D eigenvalue weighted by Crippen LogP contribution is 2.31. The van der Waals surface area contributed by atoms with Crippen molar-refractivity contribution in [2.24, 2.45) is 0 Å². The molecule has 0 aromatic carbocycles. The first-order chi connectivity index (χ1) is 6.77. The Morgan fingerprint density at radius 3 is 2.93 bits per heavy atom. The zero-order valence-electron chi connectivity index (χ0n) is 6.85. The van der Waals surface area contributed by atoms with Gasteiger partial charge in [0.1, 0.15) is 23.3 Å². The van der Waals surface area contributed by atoms with E-state index in [0.717, 1.165) is 0 Å². The number of rotatable bonds is 2. The van der Waals surface area contributed by atoms with Crippen LogP contribution in [0.15, 0.2) is 33.5 Å². The van der Waals surface area contributed by atoms with Gasteiger partial charge in [-0.3, -0.25) is 0 Å². The lowest BCUT2D eigenvalue weighted by atomic mass is 10.6. The molecule has 0 fully saturated rings. The standard InChI is InChI=1S/C7H5ClN4OS/c8-5-4(9)6(12-3-11-5)14-7-10-1-2-13-7/h1-3H,9H2. The van der Waals surface area contributed by atoms with Crippen LogP contribution < -0.4 is 5.73 Å². The van der Waals surface area contributed by atoms with Gasteiger partial charge in [0.15, 0.2) is 5.15 Å². The molecule has 14 heavy (non-hydrogen) atoms. The minimum Gasteiger partial charge on any atom is -0.440 e. The first kappa shape index (κ1) is 9.29. The van der Waals surface area contributed by atoms with Gasteiger partial charge in [0, 0.05) is 0 Å². The Morgan fingerprint density at radius 2 is 2.21 bits per heavy atom. The molecular formula is C7H5ClN4OS. The summed E-state index contributed by atoms with van der Waals surface area (Å²) in [7, 11) is 0. The van der Waals surface area contributed by atoms with Crippen molar-refractivity contribution in [2.45, 2.75) is 10.2 Å². The van der Waals surface area contributed by atoms with Crippen LogP contribution >= 0.6 is 23.4 Å². The van der Waals surface area contributed by atoms with Gasteiger partial charge in [-0.2, -0.15) is 0 Å². The summed E-state index contributed by atoms with van der Waals surface area (Å²) in [6, 6.07) is 0. The highest BCUT2D eigenvalue weighted by molar-refractivity contribution is 7.99. The molecule has 0 aliphatic rings. The minimum absolute atomic E-state index is 0.231. The smallest absolute Gasteiger partial charge is 0.262 e. The second-order valence-corrected chi connectivity index (χ2v) is 3.58. The van der Waals surface area contributed by atoms with Crippen molar-refractivity contribution in [2.75, 3.05) is 5.73 Å². The number of nitrogens with zero attached hydrogens (tertiary/aromatic N) is 3. The molecule has 0 amide bonds. The molecule has 0 atom stereocenters.